The molecule has 2 amide bonds. The molecule has 0 unspecified atom stereocenters. The van der Waals surface area contributed by atoms with Crippen LogP contribution in [0, 0.1) is 0 Å². The second kappa shape index (κ2) is 7.79. The molecule has 1 aliphatic heterocycles. The van der Waals surface area contributed by atoms with Gasteiger partial charge < -0.3 is 15.0 Å². The molecule has 1 aromatic rings. The highest BCUT2D eigenvalue weighted by molar-refractivity contribution is 6.30. The van der Waals surface area contributed by atoms with Crippen LogP contribution in [-0.2, 0) is 19.7 Å². The third-order valence-corrected chi connectivity index (χ3v) is 4.37. The van der Waals surface area contributed by atoms with Gasteiger partial charge in [-0.25, -0.2) is 0 Å². The maximum atomic E-state index is 12.4. The van der Waals surface area contributed by atoms with Gasteiger partial charge in [-0.15, -0.1) is 0 Å². The van der Waals surface area contributed by atoms with E-state index in [-0.39, 0.29) is 11.8 Å². The zero-order valence-corrected chi connectivity index (χ0v) is 14.4. The fraction of sp³-hybridized carbons (Fsp3) is 0.529. The molecular weight excluding hydrogens is 316 g/mol. The van der Waals surface area contributed by atoms with Crippen LogP contribution >= 0.6 is 11.6 Å². The van der Waals surface area contributed by atoms with E-state index in [1.54, 1.807) is 17.0 Å². The second-order valence-electron chi connectivity index (χ2n) is 6.13. The van der Waals surface area contributed by atoms with Crippen molar-refractivity contribution in [1.82, 2.24) is 10.2 Å². The van der Waals surface area contributed by atoms with Crippen molar-refractivity contribution in [3.63, 3.8) is 0 Å². The van der Waals surface area contributed by atoms with Crippen LogP contribution in [0.3, 0.4) is 0 Å². The van der Waals surface area contributed by atoms with Gasteiger partial charge in [0.2, 0.25) is 11.8 Å². The van der Waals surface area contributed by atoms with Gasteiger partial charge in [-0.05, 0) is 31.5 Å². The number of ether oxygens (including phenoxy) is 1. The van der Waals surface area contributed by atoms with Gasteiger partial charge in [-0.2, -0.15) is 0 Å². The number of halogens is 1. The first-order valence-corrected chi connectivity index (χ1v) is 8.19. The lowest BCUT2D eigenvalue weighted by Gasteiger charge is -2.27. The monoisotopic (exact) mass is 338 g/mol. The van der Waals surface area contributed by atoms with Crippen LogP contribution in [0.4, 0.5) is 0 Å². The van der Waals surface area contributed by atoms with Gasteiger partial charge in [-0.1, -0.05) is 23.7 Å². The van der Waals surface area contributed by atoms with Crippen molar-refractivity contribution in [2.24, 2.45) is 0 Å². The minimum Gasteiger partial charge on any atom is -0.378 e. The predicted molar refractivity (Wildman–Crippen MR) is 89.5 cm³/mol. The van der Waals surface area contributed by atoms with Crippen LogP contribution in [0.2, 0.25) is 5.02 Å². The summed E-state index contributed by atoms with van der Waals surface area (Å²) in [6.07, 6.45) is 0.308. The van der Waals surface area contributed by atoms with Crippen molar-refractivity contribution in [3.8, 4) is 0 Å². The van der Waals surface area contributed by atoms with Crippen LogP contribution in [0.5, 0.6) is 0 Å². The van der Waals surface area contributed by atoms with Crippen LogP contribution in [0.15, 0.2) is 24.3 Å². The smallest absolute Gasteiger partial charge is 0.230 e. The van der Waals surface area contributed by atoms with E-state index < -0.39 is 5.41 Å². The minimum absolute atomic E-state index is 0.0536. The first-order chi connectivity index (χ1) is 10.9. The van der Waals surface area contributed by atoms with Crippen molar-refractivity contribution < 1.29 is 14.3 Å². The number of hydrogen-bond acceptors (Lipinski definition) is 3. The number of carbonyl (C=O) groups is 2. The number of hydrogen-bond donors (Lipinski definition) is 1. The summed E-state index contributed by atoms with van der Waals surface area (Å²) >= 11 is 5.88. The van der Waals surface area contributed by atoms with E-state index in [1.807, 2.05) is 26.0 Å². The lowest BCUT2D eigenvalue weighted by molar-refractivity contribution is -0.135. The molecule has 6 heteroatoms. The largest absolute Gasteiger partial charge is 0.378 e. The van der Waals surface area contributed by atoms with Gasteiger partial charge in [-0.3, -0.25) is 9.59 Å². The third-order valence-electron chi connectivity index (χ3n) is 4.12. The molecule has 1 aliphatic rings. The molecule has 0 atom stereocenters. The van der Waals surface area contributed by atoms with E-state index in [4.69, 9.17) is 16.3 Å². The normalized spacial score (nSPS) is 15.3. The quantitative estimate of drug-likeness (QED) is 0.893. The summed E-state index contributed by atoms with van der Waals surface area (Å²) in [4.78, 5) is 26.2. The molecule has 23 heavy (non-hydrogen) atoms. The van der Waals surface area contributed by atoms with Crippen molar-refractivity contribution in [3.05, 3.63) is 34.9 Å². The Morgan fingerprint density at radius 1 is 1.22 bits per heavy atom. The summed E-state index contributed by atoms with van der Waals surface area (Å²) < 4.78 is 5.22. The highest BCUT2D eigenvalue weighted by Crippen LogP contribution is 2.24. The zero-order chi connectivity index (χ0) is 16.9. The Bertz CT molecular complexity index is 551. The van der Waals surface area contributed by atoms with E-state index in [9.17, 15) is 9.59 Å². The Balaban J connectivity index is 1.83. The summed E-state index contributed by atoms with van der Waals surface area (Å²) in [6.45, 7) is 6.48. The van der Waals surface area contributed by atoms with Crippen LogP contribution in [-0.4, -0.2) is 49.6 Å². The number of morpholine rings is 1. The fourth-order valence-electron chi connectivity index (χ4n) is 2.47. The first kappa shape index (κ1) is 17.8. The molecule has 0 bridgehead atoms. The molecule has 1 saturated heterocycles. The van der Waals surface area contributed by atoms with Crippen molar-refractivity contribution >= 4 is 23.4 Å². The van der Waals surface area contributed by atoms with Crippen molar-refractivity contribution in [2.45, 2.75) is 25.7 Å². The second-order valence-corrected chi connectivity index (χ2v) is 6.57. The molecule has 0 spiro atoms. The summed E-state index contributed by atoms with van der Waals surface area (Å²) in [5.41, 5.74) is 0.214. The molecule has 0 radical (unpaired) electrons. The molecular formula is C17H23ClN2O3. The van der Waals surface area contributed by atoms with Crippen LogP contribution < -0.4 is 5.32 Å². The summed E-state index contributed by atoms with van der Waals surface area (Å²) in [6, 6.07) is 7.24. The van der Waals surface area contributed by atoms with Gasteiger partial charge in [0, 0.05) is 31.1 Å². The van der Waals surface area contributed by atoms with Gasteiger partial charge in [0.1, 0.15) is 0 Å². The number of rotatable bonds is 5. The average molecular weight is 339 g/mol. The SMILES string of the molecule is CC(C)(C(=O)NCCC(=O)N1CCOCC1)c1ccc(Cl)cc1. The molecule has 1 N–H and O–H groups in total. The standard InChI is InChI=1S/C17H23ClN2O3/c1-17(2,13-3-5-14(18)6-4-13)16(22)19-8-7-15(21)20-9-11-23-12-10-20/h3-6H,7-12H2,1-2H3,(H,19,22). The number of carbonyl (C=O) groups excluding carboxylic acids is 2. The Labute approximate surface area is 141 Å². The maximum absolute atomic E-state index is 12.4. The topological polar surface area (TPSA) is 58.6 Å². The van der Waals surface area contributed by atoms with Gasteiger partial charge in [0.15, 0.2) is 0 Å². The van der Waals surface area contributed by atoms with E-state index >= 15 is 0 Å². The van der Waals surface area contributed by atoms with Gasteiger partial charge >= 0.3 is 0 Å². The molecule has 1 aromatic carbocycles. The molecule has 0 aliphatic carbocycles. The van der Waals surface area contributed by atoms with Gasteiger partial charge in [0.25, 0.3) is 0 Å². The molecule has 1 fully saturated rings. The van der Waals surface area contributed by atoms with E-state index in [1.165, 1.54) is 0 Å². The first-order valence-electron chi connectivity index (χ1n) is 7.81. The minimum atomic E-state index is -0.674. The fourth-order valence-corrected chi connectivity index (χ4v) is 2.60. The molecule has 0 saturated carbocycles. The summed E-state index contributed by atoms with van der Waals surface area (Å²) in [7, 11) is 0. The summed E-state index contributed by atoms with van der Waals surface area (Å²) in [5.74, 6) is -0.0486. The average Bonchev–Trinajstić information content (AvgIpc) is 2.55. The van der Waals surface area contributed by atoms with E-state index in [0.29, 0.717) is 44.3 Å². The van der Waals surface area contributed by atoms with Crippen molar-refractivity contribution in [2.75, 3.05) is 32.8 Å². The number of nitrogens with zero attached hydrogens (tertiary/aromatic N) is 1. The Hall–Kier alpha value is -1.59. The number of benzene rings is 1. The Morgan fingerprint density at radius 3 is 2.43 bits per heavy atom. The van der Waals surface area contributed by atoms with Crippen LogP contribution in [0.1, 0.15) is 25.8 Å². The lowest BCUT2D eigenvalue weighted by atomic mass is 9.84. The van der Waals surface area contributed by atoms with Crippen molar-refractivity contribution in [1.29, 1.82) is 0 Å². The highest BCUT2D eigenvalue weighted by Gasteiger charge is 2.29. The third kappa shape index (κ3) is 4.69. The van der Waals surface area contributed by atoms with Crippen LogP contribution in [0.25, 0.3) is 0 Å². The lowest BCUT2D eigenvalue weighted by Crippen LogP contribution is -2.44. The molecule has 1 heterocycles. The summed E-state index contributed by atoms with van der Waals surface area (Å²) in [5, 5.41) is 3.50. The zero-order valence-electron chi connectivity index (χ0n) is 13.6. The van der Waals surface area contributed by atoms with Gasteiger partial charge in [0.05, 0.1) is 18.6 Å². The number of nitrogens with one attached hydrogen (secondary N) is 1. The highest BCUT2D eigenvalue weighted by atomic mass is 35.5. The molecule has 5 nitrogen and oxygen atoms in total. The predicted octanol–water partition coefficient (Wildman–Crippen LogP) is 1.98. The molecule has 126 valence electrons. The molecule has 2 rings (SSSR count). The Kier molecular flexibility index (Phi) is 6.02. The van der Waals surface area contributed by atoms with E-state index in [2.05, 4.69) is 5.32 Å². The molecule has 0 aromatic heterocycles. The Morgan fingerprint density at radius 2 is 1.83 bits per heavy atom. The van der Waals surface area contributed by atoms with E-state index in [0.717, 1.165) is 5.56 Å². The maximum Gasteiger partial charge on any atom is 0.230 e. The number of amides is 2.